The highest BCUT2D eigenvalue weighted by Crippen LogP contribution is 2.17. The van der Waals surface area contributed by atoms with Gasteiger partial charge in [0.25, 0.3) is 0 Å². The van der Waals surface area contributed by atoms with Crippen LogP contribution >= 0.6 is 11.6 Å². The van der Waals surface area contributed by atoms with Gasteiger partial charge in [0.1, 0.15) is 5.76 Å². The van der Waals surface area contributed by atoms with Crippen LogP contribution in [0.25, 0.3) is 0 Å². The number of hydrogen-bond donors (Lipinski definition) is 2. The number of β-amino-alcohol motifs (C(OH)–C–C–N with tert-alkyl or cyclic N) is 1. The number of likely N-dealkylation sites (tertiary alicyclic amines) is 1. The lowest BCUT2D eigenvalue weighted by Crippen LogP contribution is -2.38. The minimum atomic E-state index is 0.266. The van der Waals surface area contributed by atoms with Gasteiger partial charge >= 0.3 is 0 Å². The molecular weight excluding hydrogens is 252 g/mol. The molecule has 0 bridgehead atoms. The lowest BCUT2D eigenvalue weighted by atomic mass is 9.97. The van der Waals surface area contributed by atoms with Crippen molar-refractivity contribution in [2.24, 2.45) is 5.92 Å². The maximum Gasteiger partial charge on any atom is 0.193 e. The summed E-state index contributed by atoms with van der Waals surface area (Å²) in [6.07, 6.45) is 2.40. The highest BCUT2D eigenvalue weighted by atomic mass is 35.5. The predicted molar refractivity (Wildman–Crippen MR) is 71.7 cm³/mol. The highest BCUT2D eigenvalue weighted by molar-refractivity contribution is 6.28. The van der Waals surface area contributed by atoms with E-state index in [4.69, 9.17) is 21.1 Å². The van der Waals surface area contributed by atoms with E-state index in [-0.39, 0.29) is 6.61 Å². The molecule has 0 unspecified atom stereocenters. The minimum absolute atomic E-state index is 0.266. The quantitative estimate of drug-likeness (QED) is 0.828. The van der Waals surface area contributed by atoms with Crippen LogP contribution in [0.1, 0.15) is 18.6 Å². The van der Waals surface area contributed by atoms with Crippen molar-refractivity contribution in [1.82, 2.24) is 10.2 Å². The first-order valence-electron chi connectivity index (χ1n) is 6.56. The van der Waals surface area contributed by atoms with Gasteiger partial charge in [-0.2, -0.15) is 0 Å². The van der Waals surface area contributed by atoms with Crippen molar-refractivity contribution >= 4 is 11.6 Å². The van der Waals surface area contributed by atoms with Gasteiger partial charge in [0, 0.05) is 6.54 Å². The molecule has 0 amide bonds. The fourth-order valence-electron chi connectivity index (χ4n) is 2.40. The molecule has 1 fully saturated rings. The van der Waals surface area contributed by atoms with Crippen LogP contribution in [-0.4, -0.2) is 42.8 Å². The lowest BCUT2D eigenvalue weighted by Gasteiger charge is -2.31. The van der Waals surface area contributed by atoms with E-state index < -0.39 is 0 Å². The number of hydrogen-bond acceptors (Lipinski definition) is 4. The summed E-state index contributed by atoms with van der Waals surface area (Å²) < 4.78 is 5.29. The smallest absolute Gasteiger partial charge is 0.193 e. The van der Waals surface area contributed by atoms with Gasteiger partial charge in [0.2, 0.25) is 0 Å². The van der Waals surface area contributed by atoms with Crippen LogP contribution in [0, 0.1) is 5.92 Å². The molecule has 0 atom stereocenters. The number of aliphatic hydroxyl groups excluding tert-OH is 1. The fraction of sp³-hybridized carbons (Fsp3) is 0.692. The molecule has 1 aliphatic heterocycles. The van der Waals surface area contributed by atoms with Crippen LogP contribution in [0.15, 0.2) is 16.5 Å². The maximum atomic E-state index is 8.88. The van der Waals surface area contributed by atoms with Crippen LogP contribution in [0.5, 0.6) is 0 Å². The van der Waals surface area contributed by atoms with Crippen LogP contribution in [0.3, 0.4) is 0 Å². The maximum absolute atomic E-state index is 8.88. The number of aliphatic hydroxyl groups is 1. The van der Waals surface area contributed by atoms with E-state index in [2.05, 4.69) is 10.2 Å². The highest BCUT2D eigenvalue weighted by Gasteiger charge is 2.18. The van der Waals surface area contributed by atoms with Gasteiger partial charge in [-0.05, 0) is 62.1 Å². The third kappa shape index (κ3) is 4.28. The van der Waals surface area contributed by atoms with Gasteiger partial charge in [-0.15, -0.1) is 0 Å². The van der Waals surface area contributed by atoms with Crippen molar-refractivity contribution in [3.63, 3.8) is 0 Å². The fourth-order valence-corrected chi connectivity index (χ4v) is 2.56. The van der Waals surface area contributed by atoms with E-state index in [1.54, 1.807) is 6.07 Å². The Hall–Kier alpha value is -0.550. The molecule has 0 aromatic carbocycles. The number of halogens is 1. The standard InChI is InChI=1S/C13H21ClN2O2/c14-13-2-1-12(18-13)10-15-9-11-3-5-16(6-4-11)7-8-17/h1-2,11,15,17H,3-10H2. The molecule has 0 spiro atoms. The van der Waals surface area contributed by atoms with E-state index in [0.717, 1.165) is 44.4 Å². The van der Waals surface area contributed by atoms with Gasteiger partial charge in [-0.3, -0.25) is 0 Å². The number of nitrogens with one attached hydrogen (secondary N) is 1. The Bertz CT molecular complexity index is 349. The van der Waals surface area contributed by atoms with Gasteiger partial charge in [-0.1, -0.05) is 0 Å². The first-order valence-corrected chi connectivity index (χ1v) is 6.94. The molecule has 0 radical (unpaired) electrons. The molecule has 1 saturated heterocycles. The van der Waals surface area contributed by atoms with Crippen molar-refractivity contribution in [2.45, 2.75) is 19.4 Å². The predicted octanol–water partition coefficient (Wildman–Crippen LogP) is 1.73. The van der Waals surface area contributed by atoms with Crippen molar-refractivity contribution in [3.8, 4) is 0 Å². The Morgan fingerprint density at radius 1 is 1.39 bits per heavy atom. The summed E-state index contributed by atoms with van der Waals surface area (Å²) in [6, 6.07) is 3.67. The van der Waals surface area contributed by atoms with Gasteiger partial charge < -0.3 is 19.7 Å². The second kappa shape index (κ2) is 7.14. The Labute approximate surface area is 113 Å². The molecule has 1 aromatic heterocycles. The minimum Gasteiger partial charge on any atom is -0.448 e. The van der Waals surface area contributed by atoms with Crippen molar-refractivity contribution < 1.29 is 9.52 Å². The molecular formula is C13H21ClN2O2. The molecule has 2 heterocycles. The number of piperidine rings is 1. The second-order valence-corrected chi connectivity index (χ2v) is 5.22. The van der Waals surface area contributed by atoms with Gasteiger partial charge in [0.15, 0.2) is 5.22 Å². The van der Waals surface area contributed by atoms with Crippen LogP contribution < -0.4 is 5.32 Å². The summed E-state index contributed by atoms with van der Waals surface area (Å²) >= 11 is 5.71. The molecule has 5 heteroatoms. The van der Waals surface area contributed by atoms with Crippen LogP contribution in [-0.2, 0) is 6.54 Å². The monoisotopic (exact) mass is 272 g/mol. The van der Waals surface area contributed by atoms with E-state index in [0.29, 0.717) is 5.22 Å². The topological polar surface area (TPSA) is 48.6 Å². The molecule has 1 aliphatic rings. The van der Waals surface area contributed by atoms with E-state index in [1.807, 2.05) is 6.07 Å². The largest absolute Gasteiger partial charge is 0.448 e. The Kier molecular flexibility index (Phi) is 5.50. The molecule has 0 saturated carbocycles. The molecule has 18 heavy (non-hydrogen) atoms. The van der Waals surface area contributed by atoms with Crippen molar-refractivity contribution in [3.05, 3.63) is 23.1 Å². The molecule has 1 aromatic rings. The average Bonchev–Trinajstić information content (AvgIpc) is 2.78. The summed E-state index contributed by atoms with van der Waals surface area (Å²) in [4.78, 5) is 2.32. The molecule has 2 rings (SSSR count). The third-order valence-electron chi connectivity index (χ3n) is 3.48. The zero-order chi connectivity index (χ0) is 12.8. The van der Waals surface area contributed by atoms with Gasteiger partial charge in [-0.25, -0.2) is 0 Å². The number of nitrogens with zero attached hydrogens (tertiary/aromatic N) is 1. The molecule has 2 N–H and O–H groups in total. The molecule has 4 nitrogen and oxygen atoms in total. The van der Waals surface area contributed by atoms with Crippen molar-refractivity contribution in [2.75, 3.05) is 32.8 Å². The zero-order valence-electron chi connectivity index (χ0n) is 10.6. The second-order valence-electron chi connectivity index (χ2n) is 4.85. The van der Waals surface area contributed by atoms with Gasteiger partial charge in [0.05, 0.1) is 13.2 Å². The summed E-state index contributed by atoms with van der Waals surface area (Å²) in [5.74, 6) is 1.61. The summed E-state index contributed by atoms with van der Waals surface area (Å²) in [5, 5.41) is 12.7. The lowest BCUT2D eigenvalue weighted by molar-refractivity contribution is 0.146. The summed E-state index contributed by atoms with van der Waals surface area (Å²) in [7, 11) is 0. The first-order chi connectivity index (χ1) is 8.78. The van der Waals surface area contributed by atoms with E-state index in [1.165, 1.54) is 12.8 Å². The van der Waals surface area contributed by atoms with E-state index >= 15 is 0 Å². The number of furan rings is 1. The zero-order valence-corrected chi connectivity index (χ0v) is 11.3. The first kappa shape index (κ1) is 13.9. The van der Waals surface area contributed by atoms with Crippen LogP contribution in [0.4, 0.5) is 0 Å². The molecule has 0 aliphatic carbocycles. The normalized spacial score (nSPS) is 18.3. The van der Waals surface area contributed by atoms with E-state index in [9.17, 15) is 0 Å². The third-order valence-corrected chi connectivity index (χ3v) is 3.69. The average molecular weight is 273 g/mol. The SMILES string of the molecule is OCCN1CCC(CNCc2ccc(Cl)o2)CC1. The Morgan fingerprint density at radius 2 is 2.17 bits per heavy atom. The summed E-state index contributed by atoms with van der Waals surface area (Å²) in [5.41, 5.74) is 0. The van der Waals surface area contributed by atoms with Crippen LogP contribution in [0.2, 0.25) is 5.22 Å². The Morgan fingerprint density at radius 3 is 2.78 bits per heavy atom. The number of rotatable bonds is 6. The summed E-state index contributed by atoms with van der Waals surface area (Å²) in [6.45, 7) is 5.03. The van der Waals surface area contributed by atoms with Crippen molar-refractivity contribution in [1.29, 1.82) is 0 Å². The molecule has 102 valence electrons. The Balaban J connectivity index is 1.60.